The smallest absolute Gasteiger partial charge is 0.00926 e. The quantitative estimate of drug-likeness (QED) is 0.740. The molecular weight excluding hydrogens is 270 g/mol. The number of rotatable bonds is 5. The molecule has 2 saturated heterocycles. The molecule has 0 aromatic carbocycles. The van der Waals surface area contributed by atoms with Gasteiger partial charge in [-0.2, -0.15) is 0 Å². The highest BCUT2D eigenvalue weighted by molar-refractivity contribution is 4.76. The van der Waals surface area contributed by atoms with Crippen molar-refractivity contribution in [3.05, 3.63) is 0 Å². The average molecular weight is 309 g/mol. The SMILES string of the molecule is CCCC1CCCN1C.CCCCC1CCCN1C.F.F. The number of hydrogen-bond donors (Lipinski definition) is 0. The minimum absolute atomic E-state index is 0. The van der Waals surface area contributed by atoms with Crippen LogP contribution in [0.1, 0.15) is 71.6 Å². The number of nitrogens with zero attached hydrogens (tertiary/aromatic N) is 2. The maximum Gasteiger partial charge on any atom is 0.00926 e. The Morgan fingerprint density at radius 1 is 0.762 bits per heavy atom. The third-order valence-electron chi connectivity index (χ3n) is 4.86. The molecule has 0 amide bonds. The monoisotopic (exact) mass is 308 g/mol. The van der Waals surface area contributed by atoms with E-state index in [1.165, 1.54) is 70.9 Å². The predicted molar refractivity (Wildman–Crippen MR) is 90.7 cm³/mol. The molecule has 0 spiro atoms. The van der Waals surface area contributed by atoms with Crippen LogP contribution in [0.25, 0.3) is 0 Å². The summed E-state index contributed by atoms with van der Waals surface area (Å²) in [5, 5.41) is 0. The van der Waals surface area contributed by atoms with Crippen molar-refractivity contribution < 1.29 is 9.41 Å². The number of halogens is 2. The minimum atomic E-state index is 0. The maximum absolute atomic E-state index is 2.51. The summed E-state index contributed by atoms with van der Waals surface area (Å²) in [5.74, 6) is 0. The van der Waals surface area contributed by atoms with Crippen LogP contribution in [0.2, 0.25) is 0 Å². The van der Waals surface area contributed by atoms with Crippen molar-refractivity contribution in [3.8, 4) is 0 Å². The van der Waals surface area contributed by atoms with Crippen molar-refractivity contribution in [3.63, 3.8) is 0 Å². The molecule has 2 atom stereocenters. The summed E-state index contributed by atoms with van der Waals surface area (Å²) >= 11 is 0. The van der Waals surface area contributed by atoms with Gasteiger partial charge in [0.2, 0.25) is 0 Å². The van der Waals surface area contributed by atoms with E-state index in [-0.39, 0.29) is 9.41 Å². The second-order valence-electron chi connectivity index (χ2n) is 6.48. The van der Waals surface area contributed by atoms with Gasteiger partial charge < -0.3 is 9.80 Å². The van der Waals surface area contributed by atoms with E-state index in [1.807, 2.05) is 0 Å². The van der Waals surface area contributed by atoms with Gasteiger partial charge in [-0.25, -0.2) is 0 Å². The van der Waals surface area contributed by atoms with Crippen molar-refractivity contribution in [2.24, 2.45) is 0 Å². The molecule has 2 aliphatic heterocycles. The molecule has 21 heavy (non-hydrogen) atoms. The molecule has 2 heterocycles. The van der Waals surface area contributed by atoms with Crippen LogP contribution in [0, 0.1) is 0 Å². The second kappa shape index (κ2) is 13.4. The fraction of sp³-hybridized carbons (Fsp3) is 1.00. The van der Waals surface area contributed by atoms with Gasteiger partial charge in [-0.15, -0.1) is 0 Å². The fourth-order valence-electron chi connectivity index (χ4n) is 3.46. The molecule has 130 valence electrons. The summed E-state index contributed by atoms with van der Waals surface area (Å²) in [6, 6.07) is 1.83. The van der Waals surface area contributed by atoms with E-state index in [1.54, 1.807) is 0 Å². The van der Waals surface area contributed by atoms with E-state index in [0.717, 1.165) is 12.1 Å². The highest BCUT2D eigenvalue weighted by Gasteiger charge is 2.19. The van der Waals surface area contributed by atoms with Gasteiger partial charge in [-0.1, -0.05) is 33.1 Å². The van der Waals surface area contributed by atoms with Crippen LogP contribution < -0.4 is 0 Å². The van der Waals surface area contributed by atoms with E-state index in [0.29, 0.717) is 0 Å². The summed E-state index contributed by atoms with van der Waals surface area (Å²) in [7, 11) is 4.50. The van der Waals surface area contributed by atoms with Crippen molar-refractivity contribution >= 4 is 0 Å². The molecular formula is C17H38F2N2. The van der Waals surface area contributed by atoms with E-state index in [9.17, 15) is 0 Å². The average Bonchev–Trinajstić information content (AvgIpc) is 2.98. The lowest BCUT2D eigenvalue weighted by Crippen LogP contribution is -2.24. The lowest BCUT2D eigenvalue weighted by Gasteiger charge is -2.18. The summed E-state index contributed by atoms with van der Waals surface area (Å²) in [5.41, 5.74) is 0. The van der Waals surface area contributed by atoms with Crippen molar-refractivity contribution in [2.45, 2.75) is 83.7 Å². The van der Waals surface area contributed by atoms with Crippen LogP contribution >= 0.6 is 0 Å². The summed E-state index contributed by atoms with van der Waals surface area (Å²) in [6.07, 6.45) is 12.6. The van der Waals surface area contributed by atoms with Crippen LogP contribution in [0.5, 0.6) is 0 Å². The first-order valence-corrected chi connectivity index (χ1v) is 8.59. The Bertz CT molecular complexity index is 227. The molecule has 0 aromatic heterocycles. The number of unbranched alkanes of at least 4 members (excludes halogenated alkanes) is 1. The molecule has 0 N–H and O–H groups in total. The summed E-state index contributed by atoms with van der Waals surface area (Å²) in [4.78, 5) is 5.00. The Labute approximate surface area is 131 Å². The first kappa shape index (κ1) is 23.1. The Morgan fingerprint density at radius 3 is 1.57 bits per heavy atom. The van der Waals surface area contributed by atoms with Crippen LogP contribution in [-0.2, 0) is 0 Å². The van der Waals surface area contributed by atoms with Crippen molar-refractivity contribution in [1.82, 2.24) is 9.80 Å². The van der Waals surface area contributed by atoms with Crippen LogP contribution in [0.3, 0.4) is 0 Å². The fourth-order valence-corrected chi connectivity index (χ4v) is 3.46. The van der Waals surface area contributed by atoms with Gasteiger partial charge in [0, 0.05) is 12.1 Å². The molecule has 2 rings (SSSR count). The molecule has 4 heteroatoms. The normalized spacial score (nSPS) is 25.7. The molecule has 2 nitrogen and oxygen atoms in total. The van der Waals surface area contributed by atoms with Crippen LogP contribution in [0.15, 0.2) is 0 Å². The highest BCUT2D eigenvalue weighted by Crippen LogP contribution is 2.19. The summed E-state index contributed by atoms with van der Waals surface area (Å²) < 4.78 is 0. The highest BCUT2D eigenvalue weighted by atomic mass is 19.0. The van der Waals surface area contributed by atoms with E-state index in [2.05, 4.69) is 37.7 Å². The molecule has 0 bridgehead atoms. The Balaban J connectivity index is 0. The molecule has 2 fully saturated rings. The topological polar surface area (TPSA) is 6.48 Å². The standard InChI is InChI=1S/C9H19N.C8H17N.2FH/c1-3-4-6-9-7-5-8-10(9)2;1-3-5-8-6-4-7-9(8)2;;/h9H,3-8H2,1-2H3;8H,3-7H2,1-2H3;2*1H. The van der Waals surface area contributed by atoms with Gasteiger partial charge >= 0.3 is 0 Å². The third-order valence-corrected chi connectivity index (χ3v) is 4.86. The van der Waals surface area contributed by atoms with E-state index >= 15 is 0 Å². The van der Waals surface area contributed by atoms with Gasteiger partial charge in [0.1, 0.15) is 0 Å². The number of hydrogen-bond acceptors (Lipinski definition) is 2. The zero-order valence-corrected chi connectivity index (χ0v) is 14.6. The van der Waals surface area contributed by atoms with Crippen LogP contribution in [-0.4, -0.2) is 49.1 Å². The maximum atomic E-state index is 2.51. The Kier molecular flexibility index (Phi) is 14.8. The zero-order chi connectivity index (χ0) is 14.1. The van der Waals surface area contributed by atoms with E-state index in [4.69, 9.17) is 0 Å². The zero-order valence-electron chi connectivity index (χ0n) is 14.6. The molecule has 2 unspecified atom stereocenters. The van der Waals surface area contributed by atoms with Crippen molar-refractivity contribution in [2.75, 3.05) is 27.2 Å². The van der Waals surface area contributed by atoms with Gasteiger partial charge in [-0.05, 0) is 65.7 Å². The van der Waals surface area contributed by atoms with Gasteiger partial charge in [0.05, 0.1) is 0 Å². The Morgan fingerprint density at radius 2 is 1.24 bits per heavy atom. The van der Waals surface area contributed by atoms with Gasteiger partial charge in [0.25, 0.3) is 0 Å². The lowest BCUT2D eigenvalue weighted by atomic mass is 10.1. The second-order valence-corrected chi connectivity index (χ2v) is 6.48. The van der Waals surface area contributed by atoms with Gasteiger partial charge in [0.15, 0.2) is 0 Å². The van der Waals surface area contributed by atoms with E-state index < -0.39 is 0 Å². The van der Waals surface area contributed by atoms with Gasteiger partial charge in [-0.3, -0.25) is 9.41 Å². The van der Waals surface area contributed by atoms with Crippen LogP contribution in [0.4, 0.5) is 9.41 Å². The number of likely N-dealkylation sites (tertiary alicyclic amines) is 2. The minimum Gasteiger partial charge on any atom is -0.303 e. The molecule has 0 aliphatic carbocycles. The first-order valence-electron chi connectivity index (χ1n) is 8.59. The lowest BCUT2D eigenvalue weighted by molar-refractivity contribution is 0.291. The van der Waals surface area contributed by atoms with Crippen molar-refractivity contribution in [1.29, 1.82) is 0 Å². The predicted octanol–water partition coefficient (Wildman–Crippen LogP) is 4.46. The Hall–Kier alpha value is -0.220. The molecule has 2 aliphatic rings. The largest absolute Gasteiger partial charge is 0.303 e. The summed E-state index contributed by atoms with van der Waals surface area (Å²) in [6.45, 7) is 7.19. The first-order chi connectivity index (χ1) is 9.19. The molecule has 0 radical (unpaired) electrons. The third kappa shape index (κ3) is 8.72. The molecule has 0 aromatic rings. The molecule has 0 saturated carbocycles.